The van der Waals surface area contributed by atoms with Crippen molar-refractivity contribution in [2.24, 2.45) is 0 Å². The molecule has 0 spiro atoms. The fourth-order valence-corrected chi connectivity index (χ4v) is 2.25. The van der Waals surface area contributed by atoms with Crippen LogP contribution in [0.3, 0.4) is 0 Å². The molecule has 7 heteroatoms. The number of hydrogen-bond acceptors (Lipinski definition) is 4. The highest BCUT2D eigenvalue weighted by Crippen LogP contribution is 2.25. The minimum atomic E-state index is -1.36. The third kappa shape index (κ3) is 3.09. The summed E-state index contributed by atoms with van der Waals surface area (Å²) in [6, 6.07) is 1.06. The monoisotopic (exact) mass is 285 g/mol. The van der Waals surface area contributed by atoms with Gasteiger partial charge in [0.05, 0.1) is 11.0 Å². The molecule has 5 nitrogen and oxygen atoms in total. The Morgan fingerprint density at radius 3 is 2.50 bits per heavy atom. The number of nitrogens with zero attached hydrogens (tertiary/aromatic N) is 1. The van der Waals surface area contributed by atoms with E-state index in [2.05, 4.69) is 0 Å². The van der Waals surface area contributed by atoms with Gasteiger partial charge in [0.25, 0.3) is 0 Å². The Morgan fingerprint density at radius 1 is 1.25 bits per heavy atom. The molecule has 0 aliphatic heterocycles. The van der Waals surface area contributed by atoms with Crippen molar-refractivity contribution in [3.8, 4) is 0 Å². The van der Waals surface area contributed by atoms with Gasteiger partial charge in [0.1, 0.15) is 17.5 Å². The van der Waals surface area contributed by atoms with E-state index in [0.29, 0.717) is 25.0 Å². The van der Waals surface area contributed by atoms with Crippen LogP contribution in [0.15, 0.2) is 12.1 Å². The van der Waals surface area contributed by atoms with E-state index >= 15 is 0 Å². The lowest BCUT2D eigenvalue weighted by molar-refractivity contribution is -0.387. The van der Waals surface area contributed by atoms with Gasteiger partial charge in [-0.1, -0.05) is 6.42 Å². The van der Waals surface area contributed by atoms with Crippen LogP contribution in [0.4, 0.5) is 14.5 Å². The molecule has 0 unspecified atom stereocenters. The maximum Gasteiger partial charge on any atom is 0.341 e. The van der Waals surface area contributed by atoms with E-state index in [9.17, 15) is 23.7 Å². The molecule has 2 rings (SSSR count). The molecule has 1 aliphatic carbocycles. The fourth-order valence-electron chi connectivity index (χ4n) is 2.25. The molecular formula is C13H13F2NO4. The normalized spacial score (nSPS) is 15.9. The van der Waals surface area contributed by atoms with Crippen LogP contribution in [-0.4, -0.2) is 17.0 Å². The van der Waals surface area contributed by atoms with Crippen molar-refractivity contribution >= 4 is 11.7 Å². The molecule has 0 atom stereocenters. The van der Waals surface area contributed by atoms with Gasteiger partial charge >= 0.3 is 11.7 Å². The average molecular weight is 285 g/mol. The summed E-state index contributed by atoms with van der Waals surface area (Å²) in [6.45, 7) is 0. The highest BCUT2D eigenvalue weighted by atomic mass is 19.1. The molecule has 0 radical (unpaired) electrons. The summed E-state index contributed by atoms with van der Waals surface area (Å²) in [5.74, 6) is -3.47. The van der Waals surface area contributed by atoms with E-state index < -0.39 is 33.8 Å². The lowest BCUT2D eigenvalue weighted by Gasteiger charge is -2.21. The van der Waals surface area contributed by atoms with Crippen LogP contribution in [0.1, 0.15) is 42.5 Å². The number of nitro groups is 1. The summed E-state index contributed by atoms with van der Waals surface area (Å²) in [7, 11) is 0. The van der Waals surface area contributed by atoms with Gasteiger partial charge in [0.2, 0.25) is 5.82 Å². The first-order valence-corrected chi connectivity index (χ1v) is 6.33. The molecule has 20 heavy (non-hydrogen) atoms. The predicted octanol–water partition coefficient (Wildman–Crippen LogP) is 3.36. The quantitative estimate of drug-likeness (QED) is 0.485. The van der Waals surface area contributed by atoms with E-state index in [4.69, 9.17) is 4.74 Å². The zero-order chi connectivity index (χ0) is 14.7. The molecule has 0 aromatic heterocycles. The lowest BCUT2D eigenvalue weighted by atomic mass is 9.98. The number of hydrogen-bond donors (Lipinski definition) is 0. The van der Waals surface area contributed by atoms with Crippen molar-refractivity contribution in [1.82, 2.24) is 0 Å². The van der Waals surface area contributed by atoms with Crippen LogP contribution in [0.25, 0.3) is 0 Å². The van der Waals surface area contributed by atoms with Crippen molar-refractivity contribution in [3.05, 3.63) is 39.4 Å². The van der Waals surface area contributed by atoms with Gasteiger partial charge in [0, 0.05) is 0 Å². The van der Waals surface area contributed by atoms with Crippen molar-refractivity contribution in [2.75, 3.05) is 0 Å². The van der Waals surface area contributed by atoms with Crippen LogP contribution in [0, 0.1) is 21.7 Å². The second-order valence-electron chi connectivity index (χ2n) is 4.71. The summed E-state index contributed by atoms with van der Waals surface area (Å²) in [5.41, 5.74) is -1.80. The molecule has 0 heterocycles. The molecule has 108 valence electrons. The Morgan fingerprint density at radius 2 is 1.90 bits per heavy atom. The summed E-state index contributed by atoms with van der Waals surface area (Å²) >= 11 is 0. The Kier molecular flexibility index (Phi) is 4.26. The van der Waals surface area contributed by atoms with E-state index in [1.165, 1.54) is 0 Å². The number of carbonyl (C=O) groups excluding carboxylic acids is 1. The minimum Gasteiger partial charge on any atom is -0.459 e. The molecule has 0 bridgehead atoms. The molecule has 1 aromatic rings. The van der Waals surface area contributed by atoms with Gasteiger partial charge in [-0.05, 0) is 31.7 Å². The van der Waals surface area contributed by atoms with Gasteiger partial charge in [-0.2, -0.15) is 4.39 Å². The Bertz CT molecular complexity index is 541. The third-order valence-electron chi connectivity index (χ3n) is 3.26. The number of nitro benzene ring substituents is 1. The summed E-state index contributed by atoms with van der Waals surface area (Å²) in [5, 5.41) is 10.6. The topological polar surface area (TPSA) is 69.4 Å². The lowest BCUT2D eigenvalue weighted by Crippen LogP contribution is -2.22. The first-order valence-electron chi connectivity index (χ1n) is 6.33. The molecule has 1 aliphatic rings. The number of carbonyl (C=O) groups is 1. The zero-order valence-electron chi connectivity index (χ0n) is 10.6. The Balaban J connectivity index is 2.22. The van der Waals surface area contributed by atoms with Crippen molar-refractivity contribution < 1.29 is 23.2 Å². The number of halogens is 2. The van der Waals surface area contributed by atoms with Crippen molar-refractivity contribution in [1.29, 1.82) is 0 Å². The Labute approximate surface area is 113 Å². The van der Waals surface area contributed by atoms with Gasteiger partial charge in [0.15, 0.2) is 0 Å². The fraction of sp³-hybridized carbons (Fsp3) is 0.462. The third-order valence-corrected chi connectivity index (χ3v) is 3.26. The number of ether oxygens (including phenoxy) is 1. The zero-order valence-corrected chi connectivity index (χ0v) is 10.6. The second kappa shape index (κ2) is 5.94. The number of benzene rings is 1. The SMILES string of the molecule is O=C(OC1CCCCC1)c1cc(F)cc([N+](=O)[O-])c1F. The highest BCUT2D eigenvalue weighted by Gasteiger charge is 2.27. The van der Waals surface area contributed by atoms with Crippen molar-refractivity contribution in [3.63, 3.8) is 0 Å². The second-order valence-corrected chi connectivity index (χ2v) is 4.71. The van der Waals surface area contributed by atoms with E-state index in [1.807, 2.05) is 0 Å². The van der Waals surface area contributed by atoms with Crippen LogP contribution in [-0.2, 0) is 4.74 Å². The van der Waals surface area contributed by atoms with E-state index in [1.54, 1.807) is 0 Å². The molecule has 0 N–H and O–H groups in total. The summed E-state index contributed by atoms with van der Waals surface area (Å²) in [4.78, 5) is 21.3. The van der Waals surface area contributed by atoms with Crippen LogP contribution in [0.2, 0.25) is 0 Å². The molecular weight excluding hydrogens is 272 g/mol. The molecule has 1 aromatic carbocycles. The van der Waals surface area contributed by atoms with Crippen LogP contribution in [0.5, 0.6) is 0 Å². The Hall–Kier alpha value is -2.05. The van der Waals surface area contributed by atoms with Gasteiger partial charge < -0.3 is 4.74 Å². The average Bonchev–Trinajstić information content (AvgIpc) is 2.41. The molecule has 1 fully saturated rings. The summed E-state index contributed by atoms with van der Waals surface area (Å²) in [6.07, 6.45) is 3.87. The van der Waals surface area contributed by atoms with Crippen LogP contribution >= 0.6 is 0 Å². The maximum absolute atomic E-state index is 13.8. The molecule has 0 saturated heterocycles. The summed E-state index contributed by atoms with van der Waals surface area (Å²) < 4.78 is 32.1. The van der Waals surface area contributed by atoms with E-state index in [0.717, 1.165) is 19.3 Å². The number of rotatable bonds is 3. The highest BCUT2D eigenvalue weighted by molar-refractivity contribution is 5.90. The van der Waals surface area contributed by atoms with Crippen molar-refractivity contribution in [2.45, 2.75) is 38.2 Å². The molecule has 1 saturated carbocycles. The maximum atomic E-state index is 13.8. The van der Waals surface area contributed by atoms with E-state index in [-0.39, 0.29) is 6.10 Å². The largest absolute Gasteiger partial charge is 0.459 e. The van der Waals surface area contributed by atoms with Gasteiger partial charge in [-0.25, -0.2) is 9.18 Å². The number of esters is 1. The minimum absolute atomic E-state index is 0.335. The first kappa shape index (κ1) is 14.4. The molecule has 0 amide bonds. The first-order chi connectivity index (χ1) is 9.49. The standard InChI is InChI=1S/C13H13F2NO4/c14-8-6-10(12(15)11(7-8)16(18)19)13(17)20-9-4-2-1-3-5-9/h6-7,9H,1-5H2. The smallest absolute Gasteiger partial charge is 0.341 e. The van der Waals surface area contributed by atoms with Crippen LogP contribution < -0.4 is 0 Å². The predicted molar refractivity (Wildman–Crippen MR) is 65.3 cm³/mol. The van der Waals surface area contributed by atoms with Gasteiger partial charge in [-0.15, -0.1) is 0 Å². The van der Waals surface area contributed by atoms with Gasteiger partial charge in [-0.3, -0.25) is 10.1 Å².